The SMILES string of the molecule is COc1ccc(-c2ccc3c(c2)CN(c2nc(CN(C)C)nc4c2CC(C)(C)CC4)CCO3)cc1S(C)=O. The molecule has 202 valence electrons. The summed E-state index contributed by atoms with van der Waals surface area (Å²) in [5.74, 6) is 3.47. The van der Waals surface area contributed by atoms with Crippen LogP contribution in [-0.4, -0.2) is 59.7 Å². The summed E-state index contributed by atoms with van der Waals surface area (Å²) in [6.07, 6.45) is 4.78. The van der Waals surface area contributed by atoms with E-state index in [1.54, 1.807) is 13.4 Å². The van der Waals surface area contributed by atoms with Crippen molar-refractivity contribution in [1.29, 1.82) is 0 Å². The molecule has 7 nitrogen and oxygen atoms in total. The third kappa shape index (κ3) is 5.57. The molecule has 1 aromatic heterocycles. The van der Waals surface area contributed by atoms with Crippen LogP contribution in [0.3, 0.4) is 0 Å². The van der Waals surface area contributed by atoms with Crippen molar-refractivity contribution in [1.82, 2.24) is 14.9 Å². The molecule has 0 radical (unpaired) electrons. The Bertz CT molecular complexity index is 1370. The second kappa shape index (κ2) is 10.7. The van der Waals surface area contributed by atoms with Gasteiger partial charge in [0, 0.05) is 29.6 Å². The van der Waals surface area contributed by atoms with Crippen molar-refractivity contribution < 1.29 is 13.7 Å². The molecule has 0 bridgehead atoms. The van der Waals surface area contributed by atoms with Crippen molar-refractivity contribution in [3.63, 3.8) is 0 Å². The first-order valence-electron chi connectivity index (χ1n) is 13.2. The minimum absolute atomic E-state index is 0.229. The fraction of sp³-hybridized carbons (Fsp3) is 0.467. The van der Waals surface area contributed by atoms with Crippen molar-refractivity contribution in [2.75, 3.05) is 45.5 Å². The molecule has 0 saturated heterocycles. The number of hydrogen-bond acceptors (Lipinski definition) is 7. The van der Waals surface area contributed by atoms with Crippen LogP contribution in [0.15, 0.2) is 41.3 Å². The molecule has 1 aliphatic heterocycles. The molecular weight excluding hydrogens is 496 g/mol. The maximum Gasteiger partial charge on any atom is 0.144 e. The van der Waals surface area contributed by atoms with E-state index in [1.807, 2.05) is 18.2 Å². The number of aromatic nitrogens is 2. The molecule has 2 aromatic carbocycles. The van der Waals surface area contributed by atoms with Gasteiger partial charge in [0.05, 0.1) is 35.9 Å². The number of aryl methyl sites for hydroxylation is 1. The largest absolute Gasteiger partial charge is 0.495 e. The van der Waals surface area contributed by atoms with Gasteiger partial charge < -0.3 is 19.3 Å². The predicted molar refractivity (Wildman–Crippen MR) is 153 cm³/mol. The quantitative estimate of drug-likeness (QED) is 0.447. The first-order valence-corrected chi connectivity index (χ1v) is 14.8. The Morgan fingerprint density at radius 2 is 1.89 bits per heavy atom. The van der Waals surface area contributed by atoms with E-state index in [-0.39, 0.29) is 5.41 Å². The van der Waals surface area contributed by atoms with Crippen molar-refractivity contribution in [3.8, 4) is 22.6 Å². The van der Waals surface area contributed by atoms with Gasteiger partial charge in [-0.3, -0.25) is 4.21 Å². The summed E-state index contributed by atoms with van der Waals surface area (Å²) in [5.41, 5.74) is 5.89. The van der Waals surface area contributed by atoms with Gasteiger partial charge in [0.25, 0.3) is 0 Å². The molecule has 0 spiro atoms. The average molecular weight is 535 g/mol. The second-order valence-electron chi connectivity index (χ2n) is 11.4. The van der Waals surface area contributed by atoms with Crippen LogP contribution in [0.2, 0.25) is 0 Å². The van der Waals surface area contributed by atoms with Crippen LogP contribution in [0.1, 0.15) is 42.9 Å². The molecule has 1 aliphatic carbocycles. The number of methoxy groups -OCH3 is 1. The van der Waals surface area contributed by atoms with Gasteiger partial charge in [-0.2, -0.15) is 0 Å². The summed E-state index contributed by atoms with van der Waals surface area (Å²) in [5, 5.41) is 0. The van der Waals surface area contributed by atoms with Crippen LogP contribution in [0, 0.1) is 5.41 Å². The van der Waals surface area contributed by atoms with Gasteiger partial charge in [0.1, 0.15) is 29.7 Å². The molecule has 1 atom stereocenters. The van der Waals surface area contributed by atoms with E-state index in [4.69, 9.17) is 19.4 Å². The number of anilines is 1. The molecule has 0 fully saturated rings. The monoisotopic (exact) mass is 534 g/mol. The predicted octanol–water partition coefficient (Wildman–Crippen LogP) is 4.87. The van der Waals surface area contributed by atoms with E-state index in [2.05, 4.69) is 55.9 Å². The highest BCUT2D eigenvalue weighted by atomic mass is 32.2. The lowest BCUT2D eigenvalue weighted by Gasteiger charge is -2.34. The number of hydrogen-bond donors (Lipinski definition) is 0. The lowest BCUT2D eigenvalue weighted by atomic mass is 9.76. The molecule has 8 heteroatoms. The molecule has 1 unspecified atom stereocenters. The molecule has 0 saturated carbocycles. The van der Waals surface area contributed by atoms with Crippen LogP contribution in [0.5, 0.6) is 11.5 Å². The van der Waals surface area contributed by atoms with Gasteiger partial charge in [-0.15, -0.1) is 0 Å². The second-order valence-corrected chi connectivity index (χ2v) is 12.7. The van der Waals surface area contributed by atoms with Gasteiger partial charge in [-0.1, -0.05) is 26.0 Å². The summed E-state index contributed by atoms with van der Waals surface area (Å²) in [4.78, 5) is 15.3. The van der Waals surface area contributed by atoms with Crippen LogP contribution in [0.4, 0.5) is 5.82 Å². The normalized spacial score (nSPS) is 17.3. The molecule has 2 heterocycles. The minimum atomic E-state index is -1.15. The van der Waals surface area contributed by atoms with Gasteiger partial charge in [0.2, 0.25) is 0 Å². The lowest BCUT2D eigenvalue weighted by molar-refractivity contribution is 0.308. The number of benzene rings is 2. The zero-order valence-corrected chi connectivity index (χ0v) is 24.2. The highest BCUT2D eigenvalue weighted by Crippen LogP contribution is 2.39. The smallest absolute Gasteiger partial charge is 0.144 e. The Hall–Kier alpha value is -2.97. The Morgan fingerprint density at radius 1 is 1.13 bits per heavy atom. The lowest BCUT2D eigenvalue weighted by Crippen LogP contribution is -2.32. The van der Waals surface area contributed by atoms with Crippen LogP contribution in [0.25, 0.3) is 11.1 Å². The number of nitrogens with zero attached hydrogens (tertiary/aromatic N) is 4. The topological polar surface area (TPSA) is 67.8 Å². The fourth-order valence-corrected chi connectivity index (χ4v) is 6.16. The van der Waals surface area contributed by atoms with E-state index < -0.39 is 10.8 Å². The molecule has 3 aromatic rings. The van der Waals surface area contributed by atoms with Crippen molar-refractivity contribution >= 4 is 16.6 Å². The number of ether oxygens (including phenoxy) is 2. The molecule has 0 N–H and O–H groups in total. The number of fused-ring (bicyclic) bond motifs is 2. The third-order valence-electron chi connectivity index (χ3n) is 7.42. The first-order chi connectivity index (χ1) is 18.1. The van der Waals surface area contributed by atoms with Crippen LogP contribution >= 0.6 is 0 Å². The van der Waals surface area contributed by atoms with Crippen LogP contribution < -0.4 is 14.4 Å². The summed E-state index contributed by atoms with van der Waals surface area (Å²) in [7, 11) is 4.57. The maximum atomic E-state index is 12.3. The number of rotatable bonds is 6. The van der Waals surface area contributed by atoms with Gasteiger partial charge in [-0.25, -0.2) is 9.97 Å². The maximum absolute atomic E-state index is 12.3. The van der Waals surface area contributed by atoms with Crippen molar-refractivity contribution in [2.45, 2.75) is 51.1 Å². The Kier molecular flexibility index (Phi) is 7.47. The Labute approximate surface area is 228 Å². The zero-order chi connectivity index (χ0) is 27.0. The molecular formula is C30H38N4O3S. The average Bonchev–Trinajstić information content (AvgIpc) is 3.09. The summed E-state index contributed by atoms with van der Waals surface area (Å²) in [6, 6.07) is 12.2. The van der Waals surface area contributed by atoms with Gasteiger partial charge >= 0.3 is 0 Å². The van der Waals surface area contributed by atoms with E-state index in [1.165, 1.54) is 11.3 Å². The fourth-order valence-electron chi connectivity index (χ4n) is 5.43. The summed E-state index contributed by atoms with van der Waals surface area (Å²) in [6.45, 7) is 7.46. The first kappa shape index (κ1) is 26.6. The van der Waals surface area contributed by atoms with E-state index in [0.717, 1.165) is 59.9 Å². The zero-order valence-electron chi connectivity index (χ0n) is 23.3. The summed E-state index contributed by atoms with van der Waals surface area (Å²) >= 11 is 0. The van der Waals surface area contributed by atoms with Gasteiger partial charge in [0.15, 0.2) is 0 Å². The van der Waals surface area contributed by atoms with Crippen molar-refractivity contribution in [3.05, 3.63) is 59.0 Å². The standard InChI is InChI=1S/C30H38N4O3S/c1-30(2)12-11-24-23(17-30)29(32-28(31-24)19-33(3)4)34-13-14-37-25-9-7-20(15-22(25)18-34)21-8-10-26(36-5)27(16-21)38(6)35/h7-10,15-16H,11-14,17-19H2,1-6H3. The molecule has 38 heavy (non-hydrogen) atoms. The third-order valence-corrected chi connectivity index (χ3v) is 8.35. The van der Waals surface area contributed by atoms with Gasteiger partial charge in [-0.05, 0) is 74.2 Å². The van der Waals surface area contributed by atoms with E-state index in [9.17, 15) is 4.21 Å². The van der Waals surface area contributed by atoms with E-state index in [0.29, 0.717) is 30.3 Å². The molecule has 5 rings (SSSR count). The summed E-state index contributed by atoms with van der Waals surface area (Å²) < 4.78 is 24.0. The Morgan fingerprint density at radius 3 is 2.63 bits per heavy atom. The minimum Gasteiger partial charge on any atom is -0.495 e. The highest BCUT2D eigenvalue weighted by molar-refractivity contribution is 7.84. The van der Waals surface area contributed by atoms with E-state index >= 15 is 0 Å². The van der Waals surface area contributed by atoms with Crippen molar-refractivity contribution in [2.24, 2.45) is 5.41 Å². The highest BCUT2D eigenvalue weighted by Gasteiger charge is 2.31. The molecule has 2 aliphatic rings. The molecule has 0 amide bonds. The van der Waals surface area contributed by atoms with Crippen LogP contribution in [-0.2, 0) is 36.7 Å². The Balaban J connectivity index is 1.53.